The Labute approximate surface area is 153 Å². The van der Waals surface area contributed by atoms with Crippen molar-refractivity contribution in [3.05, 3.63) is 52.0 Å². The Morgan fingerprint density at radius 1 is 0.958 bits per heavy atom. The van der Waals surface area contributed by atoms with Gasteiger partial charge in [0.25, 0.3) is 0 Å². The van der Waals surface area contributed by atoms with Gasteiger partial charge in [-0.15, -0.1) is 0 Å². The van der Waals surface area contributed by atoms with E-state index in [9.17, 15) is 0 Å². The Morgan fingerprint density at radius 2 is 1.62 bits per heavy atom. The molecule has 1 aliphatic rings. The number of rotatable bonds is 5. The van der Waals surface area contributed by atoms with Crippen molar-refractivity contribution in [3.8, 4) is 17.2 Å². The second kappa shape index (κ2) is 7.64. The van der Waals surface area contributed by atoms with E-state index in [0.29, 0.717) is 21.5 Å². The molecule has 0 saturated heterocycles. The standard InChI is InChI=1S/C19H21Cl2NO2/c1-3-22(4-2)10-9-17-13-7-5-6-8-16(13)23-18-11-14(20)15(21)12-19(18)24-17/h5-8,11-12,17H,3-4,9-10H2,1-2H3. The highest BCUT2D eigenvalue weighted by atomic mass is 35.5. The summed E-state index contributed by atoms with van der Waals surface area (Å²) >= 11 is 12.3. The maximum Gasteiger partial charge on any atom is 0.170 e. The van der Waals surface area contributed by atoms with Crippen molar-refractivity contribution in [2.45, 2.75) is 26.4 Å². The van der Waals surface area contributed by atoms with E-state index in [1.807, 2.05) is 18.2 Å². The third kappa shape index (κ3) is 3.64. The molecule has 24 heavy (non-hydrogen) atoms. The van der Waals surface area contributed by atoms with Crippen molar-refractivity contribution in [2.75, 3.05) is 19.6 Å². The Balaban J connectivity index is 1.94. The van der Waals surface area contributed by atoms with Gasteiger partial charge in [-0.2, -0.15) is 0 Å². The summed E-state index contributed by atoms with van der Waals surface area (Å²) in [6, 6.07) is 11.4. The van der Waals surface area contributed by atoms with Gasteiger partial charge in [-0.05, 0) is 19.2 Å². The molecule has 0 fully saturated rings. The maximum atomic E-state index is 6.26. The van der Waals surface area contributed by atoms with Crippen molar-refractivity contribution in [2.24, 2.45) is 0 Å². The highest BCUT2D eigenvalue weighted by molar-refractivity contribution is 6.42. The molecule has 0 radical (unpaired) electrons. The summed E-state index contributed by atoms with van der Waals surface area (Å²) in [5.41, 5.74) is 1.05. The molecule has 0 aliphatic carbocycles. The van der Waals surface area contributed by atoms with E-state index in [0.717, 1.165) is 37.4 Å². The molecule has 1 unspecified atom stereocenters. The van der Waals surface area contributed by atoms with Crippen LogP contribution in [0.1, 0.15) is 31.9 Å². The minimum Gasteiger partial charge on any atom is -0.482 e. The number of nitrogens with zero attached hydrogens (tertiary/aromatic N) is 1. The Morgan fingerprint density at radius 3 is 2.33 bits per heavy atom. The molecule has 0 N–H and O–H groups in total. The topological polar surface area (TPSA) is 21.7 Å². The van der Waals surface area contributed by atoms with Crippen LogP contribution in [0.4, 0.5) is 0 Å². The number of halogens is 2. The second-order valence-electron chi connectivity index (χ2n) is 5.77. The van der Waals surface area contributed by atoms with Crippen LogP contribution in [-0.4, -0.2) is 24.5 Å². The van der Waals surface area contributed by atoms with Crippen LogP contribution in [0.5, 0.6) is 17.2 Å². The molecular weight excluding hydrogens is 345 g/mol. The number of fused-ring (bicyclic) bond motifs is 2. The fourth-order valence-corrected chi connectivity index (χ4v) is 3.22. The van der Waals surface area contributed by atoms with Crippen LogP contribution in [0.3, 0.4) is 0 Å². The second-order valence-corrected chi connectivity index (χ2v) is 6.59. The summed E-state index contributed by atoms with van der Waals surface area (Å²) in [4.78, 5) is 2.38. The van der Waals surface area contributed by atoms with Gasteiger partial charge in [-0.3, -0.25) is 0 Å². The van der Waals surface area contributed by atoms with E-state index in [2.05, 4.69) is 24.8 Å². The lowest BCUT2D eigenvalue weighted by atomic mass is 10.0. The quantitative estimate of drug-likeness (QED) is 0.653. The third-order valence-corrected chi connectivity index (χ3v) is 5.07. The molecular formula is C19H21Cl2NO2. The minimum absolute atomic E-state index is 0.0831. The predicted molar refractivity (Wildman–Crippen MR) is 98.8 cm³/mol. The van der Waals surface area contributed by atoms with Gasteiger partial charge in [0, 0.05) is 30.7 Å². The number of benzene rings is 2. The molecule has 0 spiro atoms. The molecule has 128 valence electrons. The fourth-order valence-electron chi connectivity index (χ4n) is 2.91. The van der Waals surface area contributed by atoms with Crippen LogP contribution in [0.25, 0.3) is 0 Å². The van der Waals surface area contributed by atoms with Gasteiger partial charge in [-0.25, -0.2) is 0 Å². The zero-order valence-corrected chi connectivity index (χ0v) is 15.4. The van der Waals surface area contributed by atoms with Crippen LogP contribution in [0.15, 0.2) is 36.4 Å². The first-order chi connectivity index (χ1) is 11.6. The SMILES string of the molecule is CCN(CC)CCC1Oc2cc(Cl)c(Cl)cc2Oc2ccccc21. The first-order valence-corrected chi connectivity index (χ1v) is 9.02. The lowest BCUT2D eigenvalue weighted by Gasteiger charge is -2.23. The lowest BCUT2D eigenvalue weighted by Crippen LogP contribution is -2.26. The smallest absolute Gasteiger partial charge is 0.170 e. The Hall–Kier alpha value is -1.42. The van der Waals surface area contributed by atoms with Crippen LogP contribution in [0.2, 0.25) is 10.0 Å². The highest BCUT2D eigenvalue weighted by Gasteiger charge is 2.25. The molecule has 3 rings (SSSR count). The van der Waals surface area contributed by atoms with Gasteiger partial charge < -0.3 is 14.4 Å². The van der Waals surface area contributed by atoms with Gasteiger partial charge in [0.05, 0.1) is 10.0 Å². The molecule has 1 atom stereocenters. The van der Waals surface area contributed by atoms with Crippen molar-refractivity contribution in [1.82, 2.24) is 4.90 Å². The average Bonchev–Trinajstić information content (AvgIpc) is 2.73. The predicted octanol–water partition coefficient (Wildman–Crippen LogP) is 5.95. The fraction of sp³-hybridized carbons (Fsp3) is 0.368. The summed E-state index contributed by atoms with van der Waals surface area (Å²) in [5, 5.41) is 0.922. The molecule has 2 aromatic rings. The van der Waals surface area contributed by atoms with Crippen molar-refractivity contribution in [3.63, 3.8) is 0 Å². The van der Waals surface area contributed by atoms with E-state index < -0.39 is 0 Å². The van der Waals surface area contributed by atoms with E-state index >= 15 is 0 Å². The number of hydrogen-bond donors (Lipinski definition) is 0. The molecule has 0 amide bonds. The Kier molecular flexibility index (Phi) is 5.54. The molecule has 0 saturated carbocycles. The van der Waals surface area contributed by atoms with E-state index in [1.165, 1.54) is 0 Å². The monoisotopic (exact) mass is 365 g/mol. The number of hydrogen-bond acceptors (Lipinski definition) is 3. The summed E-state index contributed by atoms with van der Waals surface area (Å²) in [7, 11) is 0. The zero-order chi connectivity index (χ0) is 17.1. The zero-order valence-electron chi connectivity index (χ0n) is 13.9. The molecule has 0 aromatic heterocycles. The van der Waals surface area contributed by atoms with Gasteiger partial charge >= 0.3 is 0 Å². The van der Waals surface area contributed by atoms with Crippen molar-refractivity contribution < 1.29 is 9.47 Å². The first kappa shape index (κ1) is 17.4. The molecule has 5 heteroatoms. The van der Waals surface area contributed by atoms with Gasteiger partial charge in [0.15, 0.2) is 11.5 Å². The molecule has 2 aromatic carbocycles. The van der Waals surface area contributed by atoms with Gasteiger partial charge in [-0.1, -0.05) is 55.2 Å². The normalized spacial score (nSPS) is 16.0. The maximum absolute atomic E-state index is 6.26. The largest absolute Gasteiger partial charge is 0.482 e. The van der Waals surface area contributed by atoms with Crippen LogP contribution < -0.4 is 9.47 Å². The third-order valence-electron chi connectivity index (χ3n) is 4.34. The number of ether oxygens (including phenoxy) is 2. The Bertz CT molecular complexity index is 717. The highest BCUT2D eigenvalue weighted by Crippen LogP contribution is 2.45. The van der Waals surface area contributed by atoms with E-state index in [-0.39, 0.29) is 6.10 Å². The van der Waals surface area contributed by atoms with Crippen LogP contribution in [0, 0.1) is 0 Å². The first-order valence-electron chi connectivity index (χ1n) is 8.27. The summed E-state index contributed by atoms with van der Waals surface area (Å²) in [5.74, 6) is 2.03. The summed E-state index contributed by atoms with van der Waals surface area (Å²) in [6.45, 7) is 7.36. The molecule has 1 heterocycles. The molecule has 1 aliphatic heterocycles. The summed E-state index contributed by atoms with van der Waals surface area (Å²) < 4.78 is 12.3. The van der Waals surface area contributed by atoms with Gasteiger partial charge in [0.2, 0.25) is 0 Å². The van der Waals surface area contributed by atoms with Gasteiger partial charge in [0.1, 0.15) is 11.9 Å². The van der Waals surface area contributed by atoms with Crippen LogP contribution >= 0.6 is 23.2 Å². The van der Waals surface area contributed by atoms with Crippen molar-refractivity contribution in [1.29, 1.82) is 0 Å². The number of para-hydroxylation sites is 1. The average molecular weight is 366 g/mol. The van der Waals surface area contributed by atoms with E-state index in [1.54, 1.807) is 12.1 Å². The van der Waals surface area contributed by atoms with Crippen molar-refractivity contribution >= 4 is 23.2 Å². The summed E-state index contributed by atoms with van der Waals surface area (Å²) in [6.07, 6.45) is 0.794. The molecule has 3 nitrogen and oxygen atoms in total. The van der Waals surface area contributed by atoms with E-state index in [4.69, 9.17) is 32.7 Å². The minimum atomic E-state index is -0.0831. The lowest BCUT2D eigenvalue weighted by molar-refractivity contribution is 0.170. The van der Waals surface area contributed by atoms with Crippen LogP contribution in [-0.2, 0) is 0 Å². The molecule has 0 bridgehead atoms.